The molecule has 0 aromatic heterocycles. The van der Waals surface area contributed by atoms with Crippen LogP contribution in [-0.4, -0.2) is 24.6 Å². The lowest BCUT2D eigenvalue weighted by molar-refractivity contribution is 0.129. The van der Waals surface area contributed by atoms with E-state index in [0.717, 1.165) is 5.56 Å². The molecule has 0 saturated heterocycles. The summed E-state index contributed by atoms with van der Waals surface area (Å²) in [5.41, 5.74) is 1.61. The zero-order chi connectivity index (χ0) is 16.1. The second-order valence-corrected chi connectivity index (χ2v) is 5.05. The van der Waals surface area contributed by atoms with Crippen LogP contribution < -0.4 is 14.8 Å². The minimum atomic E-state index is -0.592. The number of fused-ring (bicyclic) bond motifs is 1. The quantitative estimate of drug-likeness (QED) is 0.886. The second-order valence-electron chi connectivity index (χ2n) is 5.05. The third kappa shape index (κ3) is 3.73. The highest BCUT2D eigenvalue weighted by Gasteiger charge is 2.19. The number of aliphatic hydroxyl groups is 1. The lowest BCUT2D eigenvalue weighted by Crippen LogP contribution is -2.31. The normalized spacial score (nSPS) is 13.4. The molecule has 0 bridgehead atoms. The predicted molar refractivity (Wildman–Crippen MR) is 82.2 cm³/mol. The number of nitrogens with one attached hydrogen (secondary N) is 1. The first-order chi connectivity index (χ1) is 11.3. The number of benzene rings is 2. The van der Waals surface area contributed by atoms with Crippen LogP contribution in [0.15, 0.2) is 48.5 Å². The molecular formula is C17H17NO5. The van der Waals surface area contributed by atoms with Crippen LogP contribution in [0.4, 0.5) is 4.79 Å². The van der Waals surface area contributed by atoms with E-state index >= 15 is 0 Å². The lowest BCUT2D eigenvalue weighted by Gasteiger charge is -2.17. The van der Waals surface area contributed by atoms with E-state index in [9.17, 15) is 9.90 Å². The van der Waals surface area contributed by atoms with Crippen molar-refractivity contribution in [3.05, 3.63) is 59.7 Å². The van der Waals surface area contributed by atoms with Crippen molar-refractivity contribution in [1.29, 1.82) is 0 Å². The monoisotopic (exact) mass is 315 g/mol. The Kier molecular flexibility index (Phi) is 4.63. The molecule has 2 aromatic carbocycles. The molecule has 3 rings (SSSR count). The van der Waals surface area contributed by atoms with E-state index < -0.39 is 12.1 Å². The summed E-state index contributed by atoms with van der Waals surface area (Å²) in [4.78, 5) is 11.9. The van der Waals surface area contributed by atoms with Gasteiger partial charge in [0.15, 0.2) is 11.5 Å². The van der Waals surface area contributed by atoms with Crippen molar-refractivity contribution in [3.63, 3.8) is 0 Å². The van der Waals surface area contributed by atoms with Crippen LogP contribution >= 0.6 is 0 Å². The van der Waals surface area contributed by atoms with Gasteiger partial charge in [0.2, 0.25) is 6.79 Å². The van der Waals surface area contributed by atoms with Crippen LogP contribution in [0.1, 0.15) is 17.2 Å². The molecule has 1 heterocycles. The average Bonchev–Trinajstić information content (AvgIpc) is 3.06. The van der Waals surface area contributed by atoms with Gasteiger partial charge in [0.25, 0.3) is 0 Å². The number of carbonyl (C=O) groups is 1. The van der Waals surface area contributed by atoms with Gasteiger partial charge in [0.05, 0.1) is 12.6 Å². The summed E-state index contributed by atoms with van der Waals surface area (Å²) in [6.45, 7) is 0.0984. The van der Waals surface area contributed by atoms with Crippen molar-refractivity contribution >= 4 is 6.09 Å². The highest BCUT2D eigenvalue weighted by Crippen LogP contribution is 2.34. The maximum Gasteiger partial charge on any atom is 0.408 e. The minimum Gasteiger partial charge on any atom is -0.454 e. The Labute approximate surface area is 133 Å². The summed E-state index contributed by atoms with van der Waals surface area (Å²) in [6.07, 6.45) is -0.592. The van der Waals surface area contributed by atoms with Crippen LogP contribution in [-0.2, 0) is 11.3 Å². The molecule has 23 heavy (non-hydrogen) atoms. The lowest BCUT2D eigenvalue weighted by atomic mass is 10.1. The van der Waals surface area contributed by atoms with E-state index in [-0.39, 0.29) is 20.0 Å². The van der Waals surface area contributed by atoms with Gasteiger partial charge in [-0.2, -0.15) is 0 Å². The number of alkyl carbamates (subject to hydrolysis) is 1. The second kappa shape index (κ2) is 7.02. The predicted octanol–water partition coefficient (Wildman–Crippen LogP) is 2.38. The summed E-state index contributed by atoms with van der Waals surface area (Å²) in [5, 5.41) is 12.2. The number of hydrogen-bond donors (Lipinski definition) is 2. The number of carbonyl (C=O) groups excluding carboxylic acids is 1. The summed E-state index contributed by atoms with van der Waals surface area (Å²) in [7, 11) is 0. The van der Waals surface area contributed by atoms with Crippen molar-refractivity contribution in [2.45, 2.75) is 12.6 Å². The first-order valence-electron chi connectivity index (χ1n) is 7.24. The smallest absolute Gasteiger partial charge is 0.408 e. The van der Waals surface area contributed by atoms with E-state index in [1.807, 2.05) is 30.3 Å². The van der Waals surface area contributed by atoms with E-state index in [1.165, 1.54) is 0 Å². The van der Waals surface area contributed by atoms with E-state index in [1.54, 1.807) is 18.2 Å². The van der Waals surface area contributed by atoms with Gasteiger partial charge in [-0.25, -0.2) is 4.79 Å². The van der Waals surface area contributed by atoms with Gasteiger partial charge in [-0.05, 0) is 23.3 Å². The molecule has 0 radical (unpaired) electrons. The topological polar surface area (TPSA) is 77.0 Å². The van der Waals surface area contributed by atoms with Crippen molar-refractivity contribution in [3.8, 4) is 11.5 Å². The van der Waals surface area contributed by atoms with Crippen LogP contribution in [0.5, 0.6) is 11.5 Å². The molecule has 0 unspecified atom stereocenters. The fraction of sp³-hybridized carbons (Fsp3) is 0.235. The standard InChI is InChI=1S/C17H17NO5/c19-9-14(13-6-7-15-16(8-13)23-11-22-15)18-17(20)21-10-12-4-2-1-3-5-12/h1-8,14,19H,9-11H2,(H,18,20)/t14-/m0/s1. The van der Waals surface area contributed by atoms with Gasteiger partial charge in [0, 0.05) is 0 Å². The molecule has 2 N–H and O–H groups in total. The molecule has 1 amide bonds. The molecule has 1 atom stereocenters. The first kappa shape index (κ1) is 15.2. The van der Waals surface area contributed by atoms with Crippen molar-refractivity contribution < 1.29 is 24.1 Å². The average molecular weight is 315 g/mol. The highest BCUT2D eigenvalue weighted by molar-refractivity contribution is 5.68. The third-order valence-electron chi connectivity index (χ3n) is 3.49. The number of hydrogen-bond acceptors (Lipinski definition) is 5. The Hall–Kier alpha value is -2.73. The maximum absolute atomic E-state index is 11.9. The van der Waals surface area contributed by atoms with Gasteiger partial charge in [-0.3, -0.25) is 0 Å². The van der Waals surface area contributed by atoms with Crippen molar-refractivity contribution in [1.82, 2.24) is 5.32 Å². The fourth-order valence-electron chi connectivity index (χ4n) is 2.27. The number of ether oxygens (including phenoxy) is 3. The largest absolute Gasteiger partial charge is 0.454 e. The molecule has 0 fully saturated rings. The molecule has 120 valence electrons. The molecule has 1 aliphatic rings. The number of amides is 1. The van der Waals surface area contributed by atoms with E-state index in [4.69, 9.17) is 14.2 Å². The summed E-state index contributed by atoms with van der Waals surface area (Å²) < 4.78 is 15.7. The Morgan fingerprint density at radius 2 is 1.96 bits per heavy atom. The Balaban J connectivity index is 1.59. The zero-order valence-corrected chi connectivity index (χ0v) is 12.4. The molecule has 0 aliphatic carbocycles. The molecule has 2 aromatic rings. The van der Waals surface area contributed by atoms with Gasteiger partial charge in [-0.15, -0.1) is 0 Å². The molecule has 6 heteroatoms. The van der Waals surface area contributed by atoms with Crippen molar-refractivity contribution in [2.24, 2.45) is 0 Å². The molecule has 1 aliphatic heterocycles. The van der Waals surface area contributed by atoms with Gasteiger partial charge < -0.3 is 24.6 Å². The summed E-state index contributed by atoms with van der Waals surface area (Å²) in [5.74, 6) is 1.25. The number of aliphatic hydroxyl groups excluding tert-OH is 1. The Morgan fingerprint density at radius 3 is 2.74 bits per heavy atom. The van der Waals surface area contributed by atoms with Gasteiger partial charge >= 0.3 is 6.09 Å². The highest BCUT2D eigenvalue weighted by atomic mass is 16.7. The zero-order valence-electron chi connectivity index (χ0n) is 12.4. The van der Waals surface area contributed by atoms with Gasteiger partial charge in [0.1, 0.15) is 6.61 Å². The first-order valence-corrected chi connectivity index (χ1v) is 7.24. The van der Waals surface area contributed by atoms with Crippen LogP contribution in [0, 0.1) is 0 Å². The minimum absolute atomic E-state index is 0.173. The molecular weight excluding hydrogens is 298 g/mol. The number of rotatable bonds is 5. The van der Waals surface area contributed by atoms with Crippen LogP contribution in [0.2, 0.25) is 0 Å². The molecule has 0 spiro atoms. The van der Waals surface area contributed by atoms with Crippen LogP contribution in [0.3, 0.4) is 0 Å². The SMILES string of the molecule is O=C(N[C@@H](CO)c1ccc2c(c1)OCO2)OCc1ccccc1. The summed E-state index contributed by atoms with van der Waals surface area (Å²) in [6, 6.07) is 14.1. The maximum atomic E-state index is 11.9. The summed E-state index contributed by atoms with van der Waals surface area (Å²) >= 11 is 0. The molecule has 0 saturated carbocycles. The third-order valence-corrected chi connectivity index (χ3v) is 3.49. The van der Waals surface area contributed by atoms with E-state index in [2.05, 4.69) is 5.32 Å². The van der Waals surface area contributed by atoms with Crippen LogP contribution in [0.25, 0.3) is 0 Å². The van der Waals surface area contributed by atoms with Gasteiger partial charge in [-0.1, -0.05) is 36.4 Å². The Bertz CT molecular complexity index is 674. The fourth-order valence-corrected chi connectivity index (χ4v) is 2.27. The Morgan fingerprint density at radius 1 is 1.17 bits per heavy atom. The molecule has 6 nitrogen and oxygen atoms in total. The van der Waals surface area contributed by atoms with Crippen molar-refractivity contribution in [2.75, 3.05) is 13.4 Å². The van der Waals surface area contributed by atoms with E-state index in [0.29, 0.717) is 17.1 Å².